The average molecular weight is 380 g/mol. The molecule has 1 saturated heterocycles. The number of amides is 1. The normalized spacial score (nSPS) is 16.2. The number of piperidine rings is 1. The van der Waals surface area contributed by atoms with E-state index in [-0.39, 0.29) is 5.91 Å². The van der Waals surface area contributed by atoms with Crippen LogP contribution in [0.25, 0.3) is 22.4 Å². The number of hydrogen-bond acceptors (Lipinski definition) is 5. The van der Waals surface area contributed by atoms with Crippen LogP contribution in [0.3, 0.4) is 0 Å². The Hall–Kier alpha value is -2.67. The topological polar surface area (TPSA) is 71.1 Å². The summed E-state index contributed by atoms with van der Waals surface area (Å²) in [5.74, 6) is 0.889. The fourth-order valence-electron chi connectivity index (χ4n) is 3.73. The molecule has 1 amide bonds. The number of hydrogen-bond donors (Lipinski definition) is 1. The number of likely N-dealkylation sites (tertiary alicyclic amines) is 1. The number of rotatable bonds is 2. The number of nitrogens with one attached hydrogen (secondary N) is 1. The highest BCUT2D eigenvalue weighted by atomic mass is 32.1. The predicted molar refractivity (Wildman–Crippen MR) is 104 cm³/mol. The van der Waals surface area contributed by atoms with E-state index in [0.717, 1.165) is 65.4 Å². The summed E-state index contributed by atoms with van der Waals surface area (Å²) in [6, 6.07) is 6.12. The molecule has 5 rings (SSSR count). The van der Waals surface area contributed by atoms with Gasteiger partial charge in [-0.15, -0.1) is 11.3 Å². The molecule has 2 aromatic heterocycles. The molecule has 1 fully saturated rings. The molecule has 27 heavy (non-hydrogen) atoms. The minimum atomic E-state index is 0.0743. The third kappa shape index (κ3) is 3.02. The van der Waals surface area contributed by atoms with Crippen LogP contribution in [0.5, 0.6) is 5.75 Å². The smallest absolute Gasteiger partial charge is 0.282 e. The molecule has 4 heterocycles. The van der Waals surface area contributed by atoms with Gasteiger partial charge in [-0.25, -0.2) is 4.98 Å². The lowest BCUT2D eigenvalue weighted by molar-refractivity contribution is 0.0724. The van der Waals surface area contributed by atoms with Crippen LogP contribution in [0.15, 0.2) is 30.6 Å². The molecule has 6 nitrogen and oxygen atoms in total. The van der Waals surface area contributed by atoms with Gasteiger partial charge in [-0.1, -0.05) is 6.07 Å². The number of nitrogens with zero attached hydrogens (tertiary/aromatic N) is 3. The molecule has 0 bridgehead atoms. The zero-order valence-electron chi connectivity index (χ0n) is 14.9. The van der Waals surface area contributed by atoms with Crippen molar-refractivity contribution >= 4 is 17.2 Å². The summed E-state index contributed by atoms with van der Waals surface area (Å²) in [5.41, 5.74) is 3.92. The Balaban J connectivity index is 1.51. The molecule has 0 aliphatic carbocycles. The Morgan fingerprint density at radius 2 is 2.07 bits per heavy atom. The second kappa shape index (κ2) is 6.81. The summed E-state index contributed by atoms with van der Waals surface area (Å²) in [7, 11) is 0. The monoisotopic (exact) mass is 380 g/mol. The zero-order valence-corrected chi connectivity index (χ0v) is 15.7. The number of H-pyrrole nitrogens is 1. The molecule has 0 unspecified atom stereocenters. The minimum Gasteiger partial charge on any atom is -0.492 e. The first-order chi connectivity index (χ1) is 13.3. The van der Waals surface area contributed by atoms with Crippen molar-refractivity contribution in [2.24, 2.45) is 0 Å². The summed E-state index contributed by atoms with van der Waals surface area (Å²) in [6.07, 6.45) is 7.82. The summed E-state index contributed by atoms with van der Waals surface area (Å²) in [4.78, 5) is 20.7. The fraction of sp³-hybridized carbons (Fsp3) is 0.350. The number of fused-ring (bicyclic) bond motifs is 3. The Morgan fingerprint density at radius 1 is 1.19 bits per heavy atom. The van der Waals surface area contributed by atoms with Crippen molar-refractivity contribution in [3.63, 3.8) is 0 Å². The molecule has 1 aromatic carbocycles. The average Bonchev–Trinajstić information content (AvgIpc) is 3.36. The second-order valence-electron chi connectivity index (χ2n) is 6.94. The van der Waals surface area contributed by atoms with E-state index >= 15 is 0 Å². The van der Waals surface area contributed by atoms with Crippen LogP contribution in [-0.2, 0) is 6.42 Å². The second-order valence-corrected chi connectivity index (χ2v) is 8.02. The van der Waals surface area contributed by atoms with Crippen molar-refractivity contribution in [1.29, 1.82) is 0 Å². The molecular formula is C20H20N4O2S. The van der Waals surface area contributed by atoms with Crippen LogP contribution in [0.1, 0.15) is 33.9 Å². The SMILES string of the molecule is O=C(c1nc2c(s1)CCOc1cc(-c3cn[nH]c3)ccc1-2)N1CCCCC1. The zero-order chi connectivity index (χ0) is 18.2. The van der Waals surface area contributed by atoms with Crippen LogP contribution in [0.4, 0.5) is 0 Å². The molecule has 0 radical (unpaired) electrons. The summed E-state index contributed by atoms with van der Waals surface area (Å²) >= 11 is 1.52. The Kier molecular flexibility index (Phi) is 4.16. The number of ether oxygens (including phenoxy) is 1. The molecule has 2 aliphatic heterocycles. The number of aromatic nitrogens is 3. The Bertz CT molecular complexity index is 974. The summed E-state index contributed by atoms with van der Waals surface area (Å²) in [6.45, 7) is 2.28. The first kappa shape index (κ1) is 16.5. The maximum Gasteiger partial charge on any atom is 0.282 e. The molecule has 0 atom stereocenters. The van der Waals surface area contributed by atoms with Gasteiger partial charge < -0.3 is 9.64 Å². The lowest BCUT2D eigenvalue weighted by atomic mass is 10.0. The van der Waals surface area contributed by atoms with Gasteiger partial charge in [0.15, 0.2) is 5.01 Å². The van der Waals surface area contributed by atoms with Gasteiger partial charge >= 0.3 is 0 Å². The molecule has 0 spiro atoms. The van der Waals surface area contributed by atoms with Crippen molar-refractivity contribution in [2.45, 2.75) is 25.7 Å². The van der Waals surface area contributed by atoms with Gasteiger partial charge in [-0.05, 0) is 37.0 Å². The van der Waals surface area contributed by atoms with E-state index in [2.05, 4.69) is 10.2 Å². The lowest BCUT2D eigenvalue weighted by Gasteiger charge is -2.25. The van der Waals surface area contributed by atoms with E-state index in [0.29, 0.717) is 11.6 Å². The van der Waals surface area contributed by atoms with Crippen LogP contribution in [0.2, 0.25) is 0 Å². The van der Waals surface area contributed by atoms with Crippen molar-refractivity contribution in [3.8, 4) is 28.1 Å². The van der Waals surface area contributed by atoms with Crippen molar-refractivity contribution in [1.82, 2.24) is 20.1 Å². The molecular weight excluding hydrogens is 360 g/mol. The number of aromatic amines is 1. The van der Waals surface area contributed by atoms with Gasteiger partial charge in [0, 0.05) is 41.7 Å². The highest BCUT2D eigenvalue weighted by Gasteiger charge is 2.26. The third-order valence-electron chi connectivity index (χ3n) is 5.18. The molecule has 3 aromatic rings. The van der Waals surface area contributed by atoms with Crippen LogP contribution in [0, 0.1) is 0 Å². The van der Waals surface area contributed by atoms with Crippen LogP contribution in [-0.4, -0.2) is 45.7 Å². The highest BCUT2D eigenvalue weighted by Crippen LogP contribution is 2.39. The van der Waals surface area contributed by atoms with E-state index in [1.165, 1.54) is 17.8 Å². The van der Waals surface area contributed by atoms with Gasteiger partial charge in [0.25, 0.3) is 5.91 Å². The highest BCUT2D eigenvalue weighted by molar-refractivity contribution is 7.14. The maximum atomic E-state index is 12.9. The molecule has 1 N–H and O–H groups in total. The van der Waals surface area contributed by atoms with E-state index in [1.54, 1.807) is 6.20 Å². The fourth-order valence-corrected chi connectivity index (χ4v) is 4.76. The largest absolute Gasteiger partial charge is 0.492 e. The number of thiazole rings is 1. The van der Waals surface area contributed by atoms with Gasteiger partial charge in [0.05, 0.1) is 18.5 Å². The molecule has 0 saturated carbocycles. The molecule has 138 valence electrons. The van der Waals surface area contributed by atoms with E-state index in [4.69, 9.17) is 9.72 Å². The van der Waals surface area contributed by atoms with Crippen LogP contribution < -0.4 is 4.74 Å². The maximum absolute atomic E-state index is 12.9. The van der Waals surface area contributed by atoms with Crippen molar-refractivity contribution in [2.75, 3.05) is 19.7 Å². The number of benzene rings is 1. The summed E-state index contributed by atoms with van der Waals surface area (Å²) < 4.78 is 5.99. The van der Waals surface area contributed by atoms with Crippen molar-refractivity contribution < 1.29 is 9.53 Å². The van der Waals surface area contributed by atoms with Gasteiger partial charge in [0.2, 0.25) is 0 Å². The van der Waals surface area contributed by atoms with E-state index in [1.807, 2.05) is 29.3 Å². The number of carbonyl (C=O) groups excluding carboxylic acids is 1. The Labute approximate surface area is 161 Å². The first-order valence-corrected chi connectivity index (χ1v) is 10.2. The van der Waals surface area contributed by atoms with Crippen LogP contribution >= 0.6 is 11.3 Å². The van der Waals surface area contributed by atoms with Gasteiger partial charge in [0.1, 0.15) is 5.75 Å². The third-order valence-corrected chi connectivity index (χ3v) is 6.28. The van der Waals surface area contributed by atoms with Gasteiger partial charge in [-0.2, -0.15) is 5.10 Å². The van der Waals surface area contributed by atoms with E-state index in [9.17, 15) is 4.79 Å². The standard InChI is InChI=1S/C20H20N4O2S/c25-20(24-7-2-1-3-8-24)19-23-18-15-5-4-13(14-11-21-22-12-14)10-16(15)26-9-6-17(18)27-19/h4-5,10-12H,1-3,6-9H2,(H,21,22). The molecule has 7 heteroatoms. The van der Waals surface area contributed by atoms with Crippen molar-refractivity contribution in [3.05, 3.63) is 40.5 Å². The number of carbonyl (C=O) groups is 1. The Morgan fingerprint density at radius 3 is 2.89 bits per heavy atom. The quantitative estimate of drug-likeness (QED) is 0.735. The van der Waals surface area contributed by atoms with Gasteiger partial charge in [-0.3, -0.25) is 9.89 Å². The molecule has 2 aliphatic rings. The minimum absolute atomic E-state index is 0.0743. The first-order valence-electron chi connectivity index (χ1n) is 9.35. The van der Waals surface area contributed by atoms with E-state index < -0.39 is 0 Å². The predicted octanol–water partition coefficient (Wildman–Crippen LogP) is 3.76. The lowest BCUT2D eigenvalue weighted by Crippen LogP contribution is -2.35. The summed E-state index contributed by atoms with van der Waals surface area (Å²) in [5, 5.41) is 7.46.